The Balaban J connectivity index is 1.17. The van der Waals surface area contributed by atoms with E-state index in [1.807, 2.05) is 6.07 Å². The van der Waals surface area contributed by atoms with E-state index in [9.17, 15) is 22.8 Å². The summed E-state index contributed by atoms with van der Waals surface area (Å²) >= 11 is 0. The van der Waals surface area contributed by atoms with Gasteiger partial charge in [-0.2, -0.15) is 0 Å². The lowest BCUT2D eigenvalue weighted by Crippen LogP contribution is -2.54. The summed E-state index contributed by atoms with van der Waals surface area (Å²) in [5.41, 5.74) is 2.61. The summed E-state index contributed by atoms with van der Waals surface area (Å²) in [5.74, 6) is -3.78. The fourth-order valence-corrected chi connectivity index (χ4v) is 6.34. The normalized spacial score (nSPS) is 21.0. The second-order valence-corrected chi connectivity index (χ2v) is 11.5. The first kappa shape index (κ1) is 28.9. The number of hydrogen-bond donors (Lipinski definition) is 2. The summed E-state index contributed by atoms with van der Waals surface area (Å²) in [7, 11) is 3.55. The van der Waals surface area contributed by atoms with Crippen LogP contribution in [0.3, 0.4) is 0 Å². The third-order valence-electron chi connectivity index (χ3n) is 8.66. The van der Waals surface area contributed by atoms with Gasteiger partial charge in [0.05, 0.1) is 6.04 Å². The van der Waals surface area contributed by atoms with Gasteiger partial charge >= 0.3 is 0 Å². The number of aromatic amines is 1. The highest BCUT2D eigenvalue weighted by atomic mass is 19.2. The van der Waals surface area contributed by atoms with E-state index in [0.29, 0.717) is 31.8 Å². The van der Waals surface area contributed by atoms with Gasteiger partial charge in [-0.3, -0.25) is 9.59 Å². The number of carbonyl (C=O) groups is 2. The first-order valence-corrected chi connectivity index (χ1v) is 14.4. The summed E-state index contributed by atoms with van der Waals surface area (Å²) in [6, 6.07) is 10.0. The van der Waals surface area contributed by atoms with Gasteiger partial charge in [0.2, 0.25) is 11.8 Å². The van der Waals surface area contributed by atoms with Crippen LogP contribution in [0.15, 0.2) is 48.7 Å². The number of H-pyrrole nitrogens is 1. The molecule has 1 aliphatic carbocycles. The number of benzene rings is 2. The van der Waals surface area contributed by atoms with E-state index < -0.39 is 17.5 Å². The predicted molar refractivity (Wildman–Crippen MR) is 154 cm³/mol. The van der Waals surface area contributed by atoms with Crippen LogP contribution in [0.1, 0.15) is 55.6 Å². The lowest BCUT2D eigenvalue weighted by Gasteiger charge is -2.39. The van der Waals surface area contributed by atoms with Crippen LogP contribution >= 0.6 is 0 Å². The third-order valence-corrected chi connectivity index (χ3v) is 8.66. The highest BCUT2D eigenvalue weighted by Gasteiger charge is 2.35. The molecule has 1 unspecified atom stereocenters. The molecule has 1 saturated heterocycles. The maximum absolute atomic E-state index is 13.5. The zero-order valence-electron chi connectivity index (χ0n) is 23.5. The van der Waals surface area contributed by atoms with Crippen LogP contribution in [-0.2, 0) is 9.59 Å². The SMILES string of the molecule is CN(C)C(=O)C(NC1CCC(c2c[nH]c3ccccc23)CC1)C1CCN(C(=O)C=Cc2cc(F)c(F)c(F)c2)CC1. The molecule has 1 atom stereocenters. The van der Waals surface area contributed by atoms with Crippen LogP contribution < -0.4 is 5.32 Å². The maximum atomic E-state index is 13.5. The molecular formula is C32H37F3N4O2. The van der Waals surface area contributed by atoms with Gasteiger partial charge in [0, 0.05) is 56.4 Å². The lowest BCUT2D eigenvalue weighted by molar-refractivity contribution is -0.133. The van der Waals surface area contributed by atoms with Crippen molar-refractivity contribution >= 4 is 28.8 Å². The molecule has 2 aromatic carbocycles. The number of para-hydroxylation sites is 1. The van der Waals surface area contributed by atoms with E-state index >= 15 is 0 Å². The number of likely N-dealkylation sites (N-methyl/N-ethyl adjacent to an activating group) is 1. The van der Waals surface area contributed by atoms with Crippen molar-refractivity contribution in [3.63, 3.8) is 0 Å². The molecule has 2 amide bonds. The molecule has 6 nitrogen and oxygen atoms in total. The Morgan fingerprint density at radius 2 is 1.66 bits per heavy atom. The Labute approximate surface area is 238 Å². The number of halogens is 3. The molecule has 0 radical (unpaired) electrons. The Hall–Kier alpha value is -3.59. The van der Waals surface area contributed by atoms with Crippen LogP contribution in [0.4, 0.5) is 13.2 Å². The fraction of sp³-hybridized carbons (Fsp3) is 0.438. The van der Waals surface area contributed by atoms with Gasteiger partial charge in [-0.05, 0) is 85.8 Å². The zero-order valence-corrected chi connectivity index (χ0v) is 23.5. The Bertz CT molecular complexity index is 1400. The molecule has 1 aliphatic heterocycles. The monoisotopic (exact) mass is 566 g/mol. The van der Waals surface area contributed by atoms with Crippen LogP contribution in [-0.4, -0.2) is 65.9 Å². The van der Waals surface area contributed by atoms with Gasteiger partial charge in [-0.1, -0.05) is 18.2 Å². The van der Waals surface area contributed by atoms with Crippen molar-refractivity contribution in [1.29, 1.82) is 0 Å². The minimum Gasteiger partial charge on any atom is -0.361 e. The van der Waals surface area contributed by atoms with Crippen LogP contribution in [0.5, 0.6) is 0 Å². The smallest absolute Gasteiger partial charge is 0.246 e. The maximum Gasteiger partial charge on any atom is 0.246 e. The van der Waals surface area contributed by atoms with Crippen molar-refractivity contribution in [2.24, 2.45) is 5.92 Å². The van der Waals surface area contributed by atoms with Gasteiger partial charge < -0.3 is 20.1 Å². The van der Waals surface area contributed by atoms with E-state index in [1.54, 1.807) is 23.9 Å². The number of amides is 2. The van der Waals surface area contributed by atoms with Gasteiger partial charge in [-0.15, -0.1) is 0 Å². The van der Waals surface area contributed by atoms with Crippen molar-refractivity contribution in [2.75, 3.05) is 27.2 Å². The number of aromatic nitrogens is 1. The molecule has 2 heterocycles. The zero-order chi connectivity index (χ0) is 29.1. The molecule has 2 fully saturated rings. The van der Waals surface area contributed by atoms with E-state index in [-0.39, 0.29) is 35.4 Å². The summed E-state index contributed by atoms with van der Waals surface area (Å²) < 4.78 is 40.2. The molecule has 2 N–H and O–H groups in total. The number of carbonyl (C=O) groups excluding carboxylic acids is 2. The number of piperidine rings is 1. The summed E-state index contributed by atoms with van der Waals surface area (Å²) in [4.78, 5) is 32.7. The summed E-state index contributed by atoms with van der Waals surface area (Å²) in [6.07, 6.45) is 10.1. The predicted octanol–water partition coefficient (Wildman–Crippen LogP) is 5.61. The third kappa shape index (κ3) is 6.50. The molecule has 41 heavy (non-hydrogen) atoms. The van der Waals surface area contributed by atoms with Crippen molar-refractivity contribution < 1.29 is 22.8 Å². The van der Waals surface area contributed by atoms with Crippen molar-refractivity contribution in [3.05, 3.63) is 77.2 Å². The largest absolute Gasteiger partial charge is 0.361 e. The van der Waals surface area contributed by atoms with Crippen molar-refractivity contribution in [2.45, 2.75) is 56.5 Å². The number of likely N-dealkylation sites (tertiary alicyclic amines) is 1. The minimum absolute atomic E-state index is 0.0498. The molecular weight excluding hydrogens is 529 g/mol. The molecule has 5 rings (SSSR count). The highest BCUT2D eigenvalue weighted by Crippen LogP contribution is 2.37. The van der Waals surface area contributed by atoms with Crippen molar-refractivity contribution in [1.82, 2.24) is 20.1 Å². The number of hydrogen-bond acceptors (Lipinski definition) is 3. The van der Waals surface area contributed by atoms with Crippen molar-refractivity contribution in [3.8, 4) is 0 Å². The van der Waals surface area contributed by atoms with Crippen LogP contribution in [0.2, 0.25) is 0 Å². The average molecular weight is 567 g/mol. The average Bonchev–Trinajstić information content (AvgIpc) is 3.41. The molecule has 1 saturated carbocycles. The quantitative estimate of drug-likeness (QED) is 0.289. The Morgan fingerprint density at radius 3 is 2.32 bits per heavy atom. The minimum atomic E-state index is -1.53. The second kappa shape index (κ2) is 12.5. The molecule has 0 bridgehead atoms. The van der Waals surface area contributed by atoms with Crippen LogP contribution in [0.25, 0.3) is 17.0 Å². The number of fused-ring (bicyclic) bond motifs is 1. The van der Waals surface area contributed by atoms with E-state index in [1.165, 1.54) is 23.1 Å². The highest BCUT2D eigenvalue weighted by molar-refractivity contribution is 5.92. The number of nitrogens with zero attached hydrogens (tertiary/aromatic N) is 2. The first-order chi connectivity index (χ1) is 19.7. The Morgan fingerprint density at radius 1 is 1.00 bits per heavy atom. The first-order valence-electron chi connectivity index (χ1n) is 14.4. The van der Waals surface area contributed by atoms with E-state index in [4.69, 9.17) is 0 Å². The van der Waals surface area contributed by atoms with Gasteiger partial charge in [0.15, 0.2) is 17.5 Å². The lowest BCUT2D eigenvalue weighted by atomic mass is 9.80. The fourth-order valence-electron chi connectivity index (χ4n) is 6.34. The van der Waals surface area contributed by atoms with Gasteiger partial charge in [-0.25, -0.2) is 13.2 Å². The molecule has 9 heteroatoms. The number of nitrogens with one attached hydrogen (secondary N) is 2. The second-order valence-electron chi connectivity index (χ2n) is 11.5. The molecule has 3 aromatic rings. The van der Waals surface area contributed by atoms with E-state index in [2.05, 4.69) is 34.7 Å². The molecule has 1 aromatic heterocycles. The summed E-state index contributed by atoms with van der Waals surface area (Å²) in [5, 5.41) is 4.99. The van der Waals surface area contributed by atoms with Crippen LogP contribution in [0, 0.1) is 23.4 Å². The summed E-state index contributed by atoms with van der Waals surface area (Å²) in [6.45, 7) is 0.957. The number of rotatable bonds is 7. The molecule has 218 valence electrons. The van der Waals surface area contributed by atoms with Gasteiger partial charge in [0.1, 0.15) is 0 Å². The molecule has 2 aliphatic rings. The Kier molecular flexibility index (Phi) is 8.82. The van der Waals surface area contributed by atoms with Gasteiger partial charge in [0.25, 0.3) is 0 Å². The molecule has 0 spiro atoms. The topological polar surface area (TPSA) is 68.4 Å². The standard InChI is InChI=1S/C32H37F3N4O2/c1-38(2)32(41)31(37-23-10-8-21(9-11-23)25-19-36-28-6-4-3-5-24(25)28)22-13-15-39(16-14-22)29(40)12-7-20-17-26(33)30(35)27(34)18-20/h3-7,12,17-19,21-23,31,36-37H,8-11,13-16H2,1-2H3. The van der Waals surface area contributed by atoms with E-state index in [0.717, 1.165) is 43.3 Å².